The molecule has 116 valence electrons. The highest BCUT2D eigenvalue weighted by atomic mass is 32.2. The van der Waals surface area contributed by atoms with E-state index in [9.17, 15) is 9.00 Å². The molecule has 2 fully saturated rings. The second kappa shape index (κ2) is 6.29. The molecule has 0 unspecified atom stereocenters. The van der Waals surface area contributed by atoms with Gasteiger partial charge in [0.1, 0.15) is 10.7 Å². The van der Waals surface area contributed by atoms with E-state index < -0.39 is 10.8 Å². The molecule has 1 aromatic heterocycles. The molecular formula is C12H19N5O2S2. The Labute approximate surface area is 130 Å². The topological polar surface area (TPSA) is 91.6 Å². The van der Waals surface area contributed by atoms with Crippen molar-refractivity contribution in [2.75, 3.05) is 61.4 Å². The summed E-state index contributed by atoms with van der Waals surface area (Å²) < 4.78 is 11.4. The maximum Gasteiger partial charge on any atom is 0.267 e. The number of anilines is 2. The molecule has 2 aliphatic rings. The first-order valence-corrected chi connectivity index (χ1v) is 9.32. The zero-order valence-electron chi connectivity index (χ0n) is 11.7. The first-order chi connectivity index (χ1) is 10.1. The highest BCUT2D eigenvalue weighted by Gasteiger charge is 2.26. The van der Waals surface area contributed by atoms with Crippen LogP contribution in [0.4, 0.5) is 10.9 Å². The predicted octanol–water partition coefficient (Wildman–Crippen LogP) is -0.661. The highest BCUT2D eigenvalue weighted by Crippen LogP contribution is 2.29. The van der Waals surface area contributed by atoms with E-state index in [0.717, 1.165) is 31.3 Å². The Kier molecular flexibility index (Phi) is 4.41. The van der Waals surface area contributed by atoms with Crippen molar-refractivity contribution in [3.05, 3.63) is 4.88 Å². The summed E-state index contributed by atoms with van der Waals surface area (Å²) in [5, 5.41) is 4.10. The number of nitrogens with zero attached hydrogens (tertiary/aromatic N) is 3. The van der Waals surface area contributed by atoms with Crippen molar-refractivity contribution >= 4 is 39.0 Å². The minimum atomic E-state index is -0.790. The second-order valence-electron chi connectivity index (χ2n) is 5.09. The summed E-state index contributed by atoms with van der Waals surface area (Å²) in [6.07, 6.45) is 0. The third kappa shape index (κ3) is 3.19. The molecule has 2 saturated heterocycles. The number of carbonyl (C=O) groups is 1. The van der Waals surface area contributed by atoms with E-state index in [0.29, 0.717) is 35.3 Å². The van der Waals surface area contributed by atoms with Crippen LogP contribution < -0.4 is 16.0 Å². The fraction of sp³-hybridized carbons (Fsp3) is 0.667. The van der Waals surface area contributed by atoms with Crippen molar-refractivity contribution in [1.82, 2.24) is 15.2 Å². The molecule has 9 heteroatoms. The second-order valence-corrected chi connectivity index (χ2v) is 7.76. The van der Waals surface area contributed by atoms with Crippen LogP contribution in [0.15, 0.2) is 0 Å². The van der Waals surface area contributed by atoms with E-state index in [1.165, 1.54) is 11.3 Å². The van der Waals surface area contributed by atoms with Gasteiger partial charge in [-0.25, -0.2) is 4.98 Å². The zero-order valence-corrected chi connectivity index (χ0v) is 13.3. The van der Waals surface area contributed by atoms with Crippen LogP contribution in [0.1, 0.15) is 9.67 Å². The molecule has 21 heavy (non-hydrogen) atoms. The molecule has 3 rings (SSSR count). The first-order valence-electron chi connectivity index (χ1n) is 7.01. The molecule has 1 aromatic rings. The number of hydrogen-bond donors (Lipinski definition) is 2. The van der Waals surface area contributed by atoms with Crippen LogP contribution in [0.5, 0.6) is 0 Å². The molecule has 3 N–H and O–H groups in total. The number of aromatic nitrogens is 1. The third-order valence-corrected chi connectivity index (χ3v) is 6.08. The van der Waals surface area contributed by atoms with E-state index >= 15 is 0 Å². The summed E-state index contributed by atoms with van der Waals surface area (Å²) in [7, 11) is -0.790. The van der Waals surface area contributed by atoms with Crippen molar-refractivity contribution in [3.63, 3.8) is 0 Å². The monoisotopic (exact) mass is 329 g/mol. The summed E-state index contributed by atoms with van der Waals surface area (Å²) in [4.78, 5) is 21.3. The average Bonchev–Trinajstić information content (AvgIpc) is 2.90. The van der Waals surface area contributed by atoms with Crippen LogP contribution in [-0.4, -0.2) is 70.8 Å². The Hall–Kier alpha value is -1.19. The summed E-state index contributed by atoms with van der Waals surface area (Å²) in [5.41, 5.74) is 5.93. The molecule has 0 bridgehead atoms. The van der Waals surface area contributed by atoms with Crippen LogP contribution in [0.2, 0.25) is 0 Å². The molecule has 0 spiro atoms. The number of nitrogens with one attached hydrogen (secondary N) is 1. The molecule has 0 aromatic carbocycles. The molecule has 0 aliphatic carbocycles. The predicted molar refractivity (Wildman–Crippen MR) is 85.4 cm³/mol. The number of carbonyl (C=O) groups excluding carboxylic acids is 1. The van der Waals surface area contributed by atoms with E-state index in [4.69, 9.17) is 5.73 Å². The van der Waals surface area contributed by atoms with Gasteiger partial charge in [-0.15, -0.1) is 0 Å². The Morgan fingerprint density at radius 3 is 2.57 bits per heavy atom. The number of nitrogens with two attached hydrogens (primary N) is 1. The SMILES string of the molecule is Nc1nc(N2CCNCC2)sc1C(=O)N1CCS(=O)CC1. The van der Waals surface area contributed by atoms with Crippen molar-refractivity contribution in [2.45, 2.75) is 0 Å². The van der Waals surface area contributed by atoms with Crippen LogP contribution in [0.3, 0.4) is 0 Å². The normalized spacial score (nSPS) is 20.8. The number of amides is 1. The Balaban J connectivity index is 1.74. The van der Waals surface area contributed by atoms with Gasteiger partial charge in [0.15, 0.2) is 5.13 Å². The Bertz CT molecular complexity index is 546. The van der Waals surface area contributed by atoms with Gasteiger partial charge in [-0.2, -0.15) is 0 Å². The number of hydrogen-bond acceptors (Lipinski definition) is 7. The minimum Gasteiger partial charge on any atom is -0.382 e. The lowest BCUT2D eigenvalue weighted by molar-refractivity contribution is 0.0777. The van der Waals surface area contributed by atoms with Gasteiger partial charge in [0.2, 0.25) is 0 Å². The van der Waals surface area contributed by atoms with Gasteiger partial charge in [-0.05, 0) is 0 Å². The molecular weight excluding hydrogens is 310 g/mol. The van der Waals surface area contributed by atoms with Gasteiger partial charge in [0, 0.05) is 61.6 Å². The molecule has 3 heterocycles. The molecule has 2 aliphatic heterocycles. The number of nitrogen functional groups attached to an aromatic ring is 1. The van der Waals surface area contributed by atoms with Crippen LogP contribution in [-0.2, 0) is 10.8 Å². The van der Waals surface area contributed by atoms with Gasteiger partial charge < -0.3 is 20.9 Å². The first kappa shape index (κ1) is 14.7. The summed E-state index contributed by atoms with van der Waals surface area (Å²) in [5.74, 6) is 1.33. The molecule has 1 amide bonds. The zero-order chi connectivity index (χ0) is 14.8. The third-order valence-electron chi connectivity index (χ3n) is 3.69. The molecule has 0 saturated carbocycles. The van der Waals surface area contributed by atoms with Gasteiger partial charge in [-0.3, -0.25) is 9.00 Å². The van der Waals surface area contributed by atoms with Crippen LogP contribution >= 0.6 is 11.3 Å². The number of piperazine rings is 1. The van der Waals surface area contributed by atoms with E-state index in [1.54, 1.807) is 4.90 Å². The minimum absolute atomic E-state index is 0.0805. The van der Waals surface area contributed by atoms with E-state index in [1.807, 2.05) is 0 Å². The van der Waals surface area contributed by atoms with Crippen molar-refractivity contribution in [3.8, 4) is 0 Å². The van der Waals surface area contributed by atoms with Crippen molar-refractivity contribution in [2.24, 2.45) is 0 Å². The largest absolute Gasteiger partial charge is 0.382 e. The maximum absolute atomic E-state index is 12.5. The van der Waals surface area contributed by atoms with Crippen LogP contribution in [0.25, 0.3) is 0 Å². The molecule has 0 atom stereocenters. The van der Waals surface area contributed by atoms with Crippen molar-refractivity contribution in [1.29, 1.82) is 0 Å². The van der Waals surface area contributed by atoms with Gasteiger partial charge >= 0.3 is 0 Å². The fourth-order valence-corrected chi connectivity index (χ4v) is 4.51. The lowest BCUT2D eigenvalue weighted by atomic mass is 10.4. The van der Waals surface area contributed by atoms with Gasteiger partial charge in [0.25, 0.3) is 5.91 Å². The average molecular weight is 329 g/mol. The summed E-state index contributed by atoms with van der Waals surface area (Å²) in [6.45, 7) is 4.66. The fourth-order valence-electron chi connectivity index (χ4n) is 2.45. The standard InChI is InChI=1S/C12H19N5O2S2/c13-10-9(11(18)16-5-7-21(19)8-6-16)20-12(15-10)17-3-1-14-2-4-17/h14H,1-8,13H2. The highest BCUT2D eigenvalue weighted by molar-refractivity contribution is 7.85. The van der Waals surface area contributed by atoms with Gasteiger partial charge in [0.05, 0.1) is 0 Å². The van der Waals surface area contributed by atoms with E-state index in [-0.39, 0.29) is 5.91 Å². The Morgan fingerprint density at radius 1 is 1.24 bits per heavy atom. The summed E-state index contributed by atoms with van der Waals surface area (Å²) >= 11 is 1.36. The molecule has 0 radical (unpaired) electrons. The number of thiazole rings is 1. The Morgan fingerprint density at radius 2 is 1.90 bits per heavy atom. The lowest BCUT2D eigenvalue weighted by Gasteiger charge is -2.27. The quantitative estimate of drug-likeness (QED) is 0.748. The summed E-state index contributed by atoms with van der Waals surface area (Å²) in [6, 6.07) is 0. The number of rotatable bonds is 2. The van der Waals surface area contributed by atoms with Crippen LogP contribution in [0, 0.1) is 0 Å². The molecule has 7 nitrogen and oxygen atoms in total. The lowest BCUT2D eigenvalue weighted by Crippen LogP contribution is -2.43. The van der Waals surface area contributed by atoms with Gasteiger partial charge in [-0.1, -0.05) is 11.3 Å². The maximum atomic E-state index is 12.5. The van der Waals surface area contributed by atoms with Crippen molar-refractivity contribution < 1.29 is 9.00 Å². The smallest absolute Gasteiger partial charge is 0.267 e. The van der Waals surface area contributed by atoms with E-state index in [2.05, 4.69) is 15.2 Å².